The van der Waals surface area contributed by atoms with Crippen LogP contribution in [-0.4, -0.2) is 36.4 Å². The van der Waals surface area contributed by atoms with Gasteiger partial charge < -0.3 is 14.6 Å². The number of aliphatic hydroxyl groups is 1. The second-order valence-electron chi connectivity index (χ2n) is 15.1. The normalized spacial score (nSPS) is 13.4. The van der Waals surface area contributed by atoms with Gasteiger partial charge in [-0.3, -0.25) is 9.59 Å². The third kappa shape index (κ3) is 46.7. The van der Waals surface area contributed by atoms with Gasteiger partial charge in [0.2, 0.25) is 0 Å². The molecule has 0 rings (SSSR count). The van der Waals surface area contributed by atoms with Crippen molar-refractivity contribution in [1.29, 1.82) is 0 Å². The zero-order chi connectivity index (χ0) is 43.5. The summed E-state index contributed by atoms with van der Waals surface area (Å²) in [4.78, 5) is 24.4. The SMILES string of the molecule is CC/C=C\C/C=C\C/C=C\C/C=C\C/C=C\C/C=C\C/C=C\CCCCCCCC(=O)OC(CO)COC(=O)CCCCCCCC/C=C\C/C=C\C/C=C\C/C=C\CC. The first-order chi connectivity index (χ1) is 29.6. The monoisotopic (exact) mass is 827 g/mol. The van der Waals surface area contributed by atoms with Crippen molar-refractivity contribution < 1.29 is 24.2 Å². The molecule has 0 aliphatic heterocycles. The molecule has 0 aliphatic carbocycles. The first-order valence-electron chi connectivity index (χ1n) is 23.7. The Morgan fingerprint density at radius 1 is 0.383 bits per heavy atom. The first-order valence-corrected chi connectivity index (χ1v) is 23.7. The number of hydrogen-bond acceptors (Lipinski definition) is 5. The Kier molecular flexibility index (Phi) is 46.1. The molecular weight excluding hydrogens is 741 g/mol. The molecule has 1 atom stereocenters. The highest BCUT2D eigenvalue weighted by molar-refractivity contribution is 5.70. The molecule has 0 aromatic heterocycles. The number of ether oxygens (including phenoxy) is 2. The summed E-state index contributed by atoms with van der Waals surface area (Å²) in [6.07, 6.45) is 73.8. The average Bonchev–Trinajstić information content (AvgIpc) is 3.25. The Balaban J connectivity index is 3.67. The van der Waals surface area contributed by atoms with Crippen LogP contribution in [0.2, 0.25) is 0 Å². The minimum Gasteiger partial charge on any atom is -0.462 e. The van der Waals surface area contributed by atoms with Crippen molar-refractivity contribution in [3.8, 4) is 0 Å². The predicted octanol–water partition coefficient (Wildman–Crippen LogP) is 15.7. The zero-order valence-corrected chi connectivity index (χ0v) is 38.2. The van der Waals surface area contributed by atoms with Crippen molar-refractivity contribution in [3.05, 3.63) is 134 Å². The molecule has 0 aromatic rings. The minimum atomic E-state index is -0.800. The molecule has 0 aliphatic rings. The summed E-state index contributed by atoms with van der Waals surface area (Å²) in [7, 11) is 0. The maximum Gasteiger partial charge on any atom is 0.306 e. The number of carbonyl (C=O) groups excluding carboxylic acids is 2. The topological polar surface area (TPSA) is 72.8 Å². The fourth-order valence-corrected chi connectivity index (χ4v) is 5.94. The molecule has 0 fully saturated rings. The summed E-state index contributed by atoms with van der Waals surface area (Å²) in [5.41, 5.74) is 0. The lowest BCUT2D eigenvalue weighted by molar-refractivity contribution is -0.161. The number of unbranched alkanes of at least 4 members (excludes halogenated alkanes) is 11. The lowest BCUT2D eigenvalue weighted by Crippen LogP contribution is -2.28. The molecule has 5 heteroatoms. The van der Waals surface area contributed by atoms with E-state index in [0.29, 0.717) is 12.8 Å². The van der Waals surface area contributed by atoms with Crippen LogP contribution in [0.15, 0.2) is 134 Å². The maximum absolute atomic E-state index is 12.3. The second-order valence-corrected chi connectivity index (χ2v) is 15.1. The third-order valence-corrected chi connectivity index (χ3v) is 9.44. The third-order valence-electron chi connectivity index (χ3n) is 9.44. The summed E-state index contributed by atoms with van der Waals surface area (Å²) in [6, 6.07) is 0. The van der Waals surface area contributed by atoms with Crippen LogP contribution in [0, 0.1) is 0 Å². The summed E-state index contributed by atoms with van der Waals surface area (Å²) < 4.78 is 10.6. The van der Waals surface area contributed by atoms with Crippen molar-refractivity contribution in [2.45, 2.75) is 187 Å². The van der Waals surface area contributed by atoms with Crippen molar-refractivity contribution in [3.63, 3.8) is 0 Å². The van der Waals surface area contributed by atoms with Gasteiger partial charge in [-0.1, -0.05) is 192 Å². The highest BCUT2D eigenvalue weighted by Gasteiger charge is 2.16. The molecule has 0 radical (unpaired) electrons. The molecule has 0 bridgehead atoms. The molecule has 5 nitrogen and oxygen atoms in total. The van der Waals surface area contributed by atoms with Crippen LogP contribution in [0.5, 0.6) is 0 Å². The van der Waals surface area contributed by atoms with E-state index in [9.17, 15) is 14.7 Å². The van der Waals surface area contributed by atoms with Gasteiger partial charge in [-0.15, -0.1) is 0 Å². The quantitative estimate of drug-likeness (QED) is 0.0378. The van der Waals surface area contributed by atoms with E-state index in [2.05, 4.69) is 148 Å². The van der Waals surface area contributed by atoms with Gasteiger partial charge in [-0.2, -0.15) is 0 Å². The Morgan fingerprint density at radius 2 is 0.667 bits per heavy atom. The lowest BCUT2D eigenvalue weighted by Gasteiger charge is -2.15. The molecule has 336 valence electrons. The van der Waals surface area contributed by atoms with Gasteiger partial charge in [0.1, 0.15) is 6.61 Å². The molecule has 60 heavy (non-hydrogen) atoms. The molecule has 1 N–H and O–H groups in total. The molecule has 0 amide bonds. The number of esters is 2. The number of carbonyl (C=O) groups is 2. The number of hydrogen-bond donors (Lipinski definition) is 1. The van der Waals surface area contributed by atoms with E-state index in [-0.39, 0.29) is 25.2 Å². The lowest BCUT2D eigenvalue weighted by atomic mass is 10.1. The summed E-state index contributed by atoms with van der Waals surface area (Å²) in [5.74, 6) is -0.642. The maximum atomic E-state index is 12.3. The van der Waals surface area contributed by atoms with Gasteiger partial charge in [0, 0.05) is 12.8 Å². The van der Waals surface area contributed by atoms with Crippen molar-refractivity contribution in [2.24, 2.45) is 0 Å². The van der Waals surface area contributed by atoms with Gasteiger partial charge in [0.15, 0.2) is 6.10 Å². The molecule has 0 aromatic carbocycles. The van der Waals surface area contributed by atoms with E-state index in [1.807, 2.05) is 0 Å². The van der Waals surface area contributed by atoms with Gasteiger partial charge in [0.25, 0.3) is 0 Å². The fourth-order valence-electron chi connectivity index (χ4n) is 5.94. The molecule has 1 unspecified atom stereocenters. The number of rotatable bonds is 41. The Labute approximate surface area is 368 Å². The van der Waals surface area contributed by atoms with Gasteiger partial charge in [0.05, 0.1) is 6.61 Å². The van der Waals surface area contributed by atoms with Crippen LogP contribution in [0.1, 0.15) is 181 Å². The smallest absolute Gasteiger partial charge is 0.306 e. The summed E-state index contributed by atoms with van der Waals surface area (Å²) >= 11 is 0. The van der Waals surface area contributed by atoms with Gasteiger partial charge >= 0.3 is 11.9 Å². The van der Waals surface area contributed by atoms with Gasteiger partial charge in [-0.05, 0) is 109 Å². The Bertz CT molecular complexity index is 1300. The highest BCUT2D eigenvalue weighted by atomic mass is 16.6. The van der Waals surface area contributed by atoms with E-state index in [1.54, 1.807) is 0 Å². The zero-order valence-electron chi connectivity index (χ0n) is 38.2. The van der Waals surface area contributed by atoms with E-state index in [4.69, 9.17) is 9.47 Å². The molecule has 0 saturated carbocycles. The van der Waals surface area contributed by atoms with Gasteiger partial charge in [-0.25, -0.2) is 0 Å². The van der Waals surface area contributed by atoms with Crippen LogP contribution in [-0.2, 0) is 19.1 Å². The van der Waals surface area contributed by atoms with Crippen LogP contribution in [0.25, 0.3) is 0 Å². The second kappa shape index (κ2) is 49.4. The van der Waals surface area contributed by atoms with Crippen LogP contribution >= 0.6 is 0 Å². The predicted molar refractivity (Wildman–Crippen MR) is 260 cm³/mol. The van der Waals surface area contributed by atoms with Crippen LogP contribution in [0.4, 0.5) is 0 Å². The van der Waals surface area contributed by atoms with E-state index in [1.165, 1.54) is 19.3 Å². The fraction of sp³-hybridized carbons (Fsp3) is 0.564. The van der Waals surface area contributed by atoms with Crippen molar-refractivity contribution in [1.82, 2.24) is 0 Å². The van der Waals surface area contributed by atoms with Crippen LogP contribution < -0.4 is 0 Å². The van der Waals surface area contributed by atoms with E-state index >= 15 is 0 Å². The highest BCUT2D eigenvalue weighted by Crippen LogP contribution is 2.12. The average molecular weight is 827 g/mol. The summed E-state index contributed by atoms with van der Waals surface area (Å²) in [5, 5.41) is 9.61. The van der Waals surface area contributed by atoms with Crippen molar-refractivity contribution >= 4 is 11.9 Å². The molecule has 0 saturated heterocycles. The molecule has 0 spiro atoms. The number of allylic oxidation sites excluding steroid dienone is 22. The largest absolute Gasteiger partial charge is 0.462 e. The molecular formula is C55H86O5. The van der Waals surface area contributed by atoms with Crippen molar-refractivity contribution in [2.75, 3.05) is 13.2 Å². The molecule has 0 heterocycles. The van der Waals surface area contributed by atoms with E-state index in [0.717, 1.165) is 135 Å². The summed E-state index contributed by atoms with van der Waals surface area (Å²) in [6.45, 7) is 3.87. The van der Waals surface area contributed by atoms with Crippen LogP contribution in [0.3, 0.4) is 0 Å². The number of aliphatic hydroxyl groups excluding tert-OH is 1. The standard InChI is InChI=1S/C55H86O5/c1-3-5-7-9-11-13-15-17-19-21-23-24-25-26-27-28-29-30-32-34-36-38-40-42-44-46-48-50-55(58)60-53(51-56)52-59-54(57)49-47-45-43-41-39-37-35-33-31-22-20-18-16-14-12-10-8-6-4-2/h5-8,11-14,17-20,23-24,26-27,29-31,33-34,36,53,56H,3-4,9-10,15-16,21-22,25,28,32,35,37-52H2,1-2H3/b7-5-,8-6-,13-11-,14-12-,19-17-,20-18-,24-23-,27-26-,30-29-,33-31-,36-34-. The first kappa shape index (κ1) is 56.0. The van der Waals surface area contributed by atoms with E-state index < -0.39 is 6.10 Å². The Hall–Kier alpha value is -3.96. The minimum absolute atomic E-state index is 0.0913. The Morgan fingerprint density at radius 3 is 1.00 bits per heavy atom.